The topological polar surface area (TPSA) is 83.9 Å². The molecule has 0 aliphatic carbocycles. The zero-order valence-electron chi connectivity index (χ0n) is 14.3. The Balaban J connectivity index is 1.85. The largest absolute Gasteiger partial charge is 0.364 e. The first-order valence-corrected chi connectivity index (χ1v) is 8.58. The first-order valence-electron chi connectivity index (χ1n) is 8.17. The van der Waals surface area contributed by atoms with Crippen molar-refractivity contribution in [2.45, 2.75) is 6.54 Å². The summed E-state index contributed by atoms with van der Waals surface area (Å²) >= 11 is 4.94. The summed E-state index contributed by atoms with van der Waals surface area (Å²) in [6.07, 6.45) is 0. The SMILES string of the molecule is CNC(=S)NNC(=O)Cn1c2ccc(F)cc2c2nc3ccccc3nc21. The quantitative estimate of drug-likeness (QED) is 0.363. The van der Waals surface area contributed by atoms with Crippen LogP contribution in [-0.4, -0.2) is 32.6 Å². The maximum absolute atomic E-state index is 13.8. The van der Waals surface area contributed by atoms with E-state index >= 15 is 0 Å². The van der Waals surface area contributed by atoms with Gasteiger partial charge in [-0.1, -0.05) is 12.1 Å². The number of aromatic nitrogens is 3. The van der Waals surface area contributed by atoms with Gasteiger partial charge in [-0.05, 0) is 42.5 Å². The molecule has 0 atom stereocenters. The minimum absolute atomic E-state index is 0.0298. The fraction of sp³-hybridized carbons (Fsp3) is 0.111. The zero-order chi connectivity index (χ0) is 19.0. The minimum Gasteiger partial charge on any atom is -0.364 e. The molecule has 1 amide bonds. The number of carbonyl (C=O) groups is 1. The van der Waals surface area contributed by atoms with E-state index in [4.69, 9.17) is 12.2 Å². The third-order valence-corrected chi connectivity index (χ3v) is 4.46. The fourth-order valence-electron chi connectivity index (χ4n) is 2.94. The molecule has 27 heavy (non-hydrogen) atoms. The molecule has 0 aliphatic rings. The highest BCUT2D eigenvalue weighted by Gasteiger charge is 2.17. The van der Waals surface area contributed by atoms with E-state index in [1.54, 1.807) is 17.7 Å². The highest BCUT2D eigenvalue weighted by atomic mass is 32.1. The van der Waals surface area contributed by atoms with Crippen molar-refractivity contribution in [2.24, 2.45) is 0 Å². The van der Waals surface area contributed by atoms with Gasteiger partial charge in [-0.25, -0.2) is 14.4 Å². The molecule has 2 aromatic heterocycles. The third kappa shape index (κ3) is 3.13. The van der Waals surface area contributed by atoms with E-state index in [1.807, 2.05) is 24.3 Å². The fourth-order valence-corrected chi connectivity index (χ4v) is 2.99. The summed E-state index contributed by atoms with van der Waals surface area (Å²) in [6.45, 7) is -0.0298. The summed E-state index contributed by atoms with van der Waals surface area (Å²) in [4.78, 5) is 21.6. The van der Waals surface area contributed by atoms with Crippen molar-refractivity contribution in [1.29, 1.82) is 0 Å². The van der Waals surface area contributed by atoms with Crippen LogP contribution in [0.5, 0.6) is 0 Å². The normalized spacial score (nSPS) is 11.0. The van der Waals surface area contributed by atoms with Crippen LogP contribution in [0.3, 0.4) is 0 Å². The van der Waals surface area contributed by atoms with Gasteiger partial charge < -0.3 is 9.88 Å². The lowest BCUT2D eigenvalue weighted by molar-refractivity contribution is -0.122. The van der Waals surface area contributed by atoms with Gasteiger partial charge in [-0.15, -0.1) is 0 Å². The number of rotatable bonds is 2. The summed E-state index contributed by atoms with van der Waals surface area (Å²) in [5.74, 6) is -0.701. The number of hydrogen-bond acceptors (Lipinski definition) is 4. The van der Waals surface area contributed by atoms with Gasteiger partial charge in [0.2, 0.25) is 0 Å². The summed E-state index contributed by atoms with van der Waals surface area (Å²) in [7, 11) is 1.64. The van der Waals surface area contributed by atoms with Crippen molar-refractivity contribution in [1.82, 2.24) is 30.7 Å². The van der Waals surface area contributed by atoms with Crippen LogP contribution < -0.4 is 16.2 Å². The minimum atomic E-state index is -0.373. The number of benzene rings is 2. The van der Waals surface area contributed by atoms with Crippen molar-refractivity contribution in [3.63, 3.8) is 0 Å². The molecule has 0 aliphatic heterocycles. The summed E-state index contributed by atoms with van der Waals surface area (Å²) in [6, 6.07) is 11.8. The van der Waals surface area contributed by atoms with Gasteiger partial charge in [0.05, 0.1) is 16.6 Å². The smallest absolute Gasteiger partial charge is 0.258 e. The van der Waals surface area contributed by atoms with E-state index in [1.165, 1.54) is 12.1 Å². The second kappa shape index (κ2) is 6.76. The molecule has 0 fully saturated rings. The molecule has 136 valence electrons. The van der Waals surface area contributed by atoms with Crippen LogP contribution in [0.1, 0.15) is 0 Å². The highest BCUT2D eigenvalue weighted by Crippen LogP contribution is 2.28. The van der Waals surface area contributed by atoms with Crippen LogP contribution in [0.15, 0.2) is 42.5 Å². The van der Waals surface area contributed by atoms with Crippen LogP contribution in [0.25, 0.3) is 33.1 Å². The molecule has 2 heterocycles. The molecule has 4 aromatic rings. The molecule has 7 nitrogen and oxygen atoms in total. The first kappa shape index (κ1) is 17.1. The number of nitrogens with zero attached hydrogens (tertiary/aromatic N) is 3. The molecular weight excluding hydrogens is 367 g/mol. The van der Waals surface area contributed by atoms with Crippen molar-refractivity contribution < 1.29 is 9.18 Å². The van der Waals surface area contributed by atoms with Crippen molar-refractivity contribution in [2.75, 3.05) is 7.05 Å². The Bertz CT molecular complexity index is 1200. The van der Waals surface area contributed by atoms with E-state index in [-0.39, 0.29) is 18.3 Å². The van der Waals surface area contributed by atoms with Crippen LogP contribution >= 0.6 is 12.2 Å². The Labute approximate surface area is 158 Å². The Morgan fingerprint density at radius 1 is 1.15 bits per heavy atom. The van der Waals surface area contributed by atoms with E-state index < -0.39 is 0 Å². The molecule has 0 spiro atoms. The Hall–Kier alpha value is -3.33. The van der Waals surface area contributed by atoms with Crippen molar-refractivity contribution >= 4 is 56.3 Å². The monoisotopic (exact) mass is 382 g/mol. The predicted molar refractivity (Wildman–Crippen MR) is 105 cm³/mol. The van der Waals surface area contributed by atoms with Gasteiger partial charge in [-0.3, -0.25) is 15.6 Å². The molecule has 0 unspecified atom stereocenters. The van der Waals surface area contributed by atoms with E-state index in [9.17, 15) is 9.18 Å². The second-order valence-electron chi connectivity index (χ2n) is 5.88. The summed E-state index contributed by atoms with van der Waals surface area (Å²) < 4.78 is 15.5. The maximum Gasteiger partial charge on any atom is 0.258 e. The van der Waals surface area contributed by atoms with Gasteiger partial charge >= 0.3 is 0 Å². The Morgan fingerprint density at radius 3 is 2.63 bits per heavy atom. The molecule has 0 radical (unpaired) electrons. The summed E-state index contributed by atoms with van der Waals surface area (Å²) in [5, 5.41) is 3.60. The van der Waals surface area contributed by atoms with Gasteiger partial charge in [0.25, 0.3) is 5.91 Å². The average Bonchev–Trinajstić information content (AvgIpc) is 2.96. The molecule has 0 bridgehead atoms. The molecule has 2 aromatic carbocycles. The lowest BCUT2D eigenvalue weighted by Crippen LogP contribution is -2.46. The van der Waals surface area contributed by atoms with Gasteiger partial charge in [-0.2, -0.15) is 0 Å². The Morgan fingerprint density at radius 2 is 1.89 bits per heavy atom. The standard InChI is InChI=1S/C18H15FN6OS/c1-20-18(27)24-23-15(26)9-25-14-7-6-10(19)8-11(14)16-17(25)22-13-5-3-2-4-12(13)21-16/h2-8H,9H2,1H3,(H,23,26)(H2,20,24,27). The number of thiocarbonyl (C=S) groups is 1. The van der Waals surface area contributed by atoms with Crippen LogP contribution in [-0.2, 0) is 11.3 Å². The second-order valence-corrected chi connectivity index (χ2v) is 6.29. The van der Waals surface area contributed by atoms with Gasteiger partial charge in [0.15, 0.2) is 10.8 Å². The molecular formula is C18H15FN6OS. The lowest BCUT2D eigenvalue weighted by atomic mass is 10.2. The van der Waals surface area contributed by atoms with Crippen molar-refractivity contribution in [3.05, 3.63) is 48.3 Å². The number of nitrogens with one attached hydrogen (secondary N) is 3. The predicted octanol–water partition coefficient (Wildman–Crippen LogP) is 2.00. The molecule has 0 saturated heterocycles. The molecule has 4 rings (SSSR count). The number of para-hydroxylation sites is 2. The first-order chi connectivity index (χ1) is 13.1. The number of hydrazine groups is 1. The number of carbonyl (C=O) groups excluding carboxylic acids is 1. The molecule has 0 saturated carbocycles. The Kier molecular flexibility index (Phi) is 4.28. The zero-order valence-corrected chi connectivity index (χ0v) is 15.1. The number of halogens is 1. The lowest BCUT2D eigenvalue weighted by Gasteiger charge is -2.10. The summed E-state index contributed by atoms with van der Waals surface area (Å²) in [5.41, 5.74) is 8.25. The highest BCUT2D eigenvalue weighted by molar-refractivity contribution is 7.80. The molecule has 3 N–H and O–H groups in total. The van der Waals surface area contributed by atoms with E-state index in [0.717, 1.165) is 0 Å². The van der Waals surface area contributed by atoms with Crippen molar-refractivity contribution in [3.8, 4) is 0 Å². The number of fused-ring (bicyclic) bond motifs is 4. The number of amides is 1. The molecule has 9 heteroatoms. The maximum atomic E-state index is 13.8. The van der Waals surface area contributed by atoms with Crippen LogP contribution in [0, 0.1) is 5.82 Å². The third-order valence-electron chi connectivity index (χ3n) is 4.16. The van der Waals surface area contributed by atoms with Crippen LogP contribution in [0.2, 0.25) is 0 Å². The van der Waals surface area contributed by atoms with Gasteiger partial charge in [0.1, 0.15) is 17.9 Å². The van der Waals surface area contributed by atoms with E-state index in [0.29, 0.717) is 38.2 Å². The van der Waals surface area contributed by atoms with E-state index in [2.05, 4.69) is 26.1 Å². The number of hydrogen-bond donors (Lipinski definition) is 3. The van der Waals surface area contributed by atoms with Crippen LogP contribution in [0.4, 0.5) is 4.39 Å². The van der Waals surface area contributed by atoms with Gasteiger partial charge in [0, 0.05) is 12.4 Å². The average molecular weight is 382 g/mol.